The first-order chi connectivity index (χ1) is 33.5. The van der Waals surface area contributed by atoms with Crippen LogP contribution in [0.5, 0.6) is 0 Å². The smallest absolute Gasteiger partial charge is 0.306 e. The molecule has 0 aliphatic carbocycles. The third-order valence-corrected chi connectivity index (χ3v) is 13.2. The summed E-state index contributed by atoms with van der Waals surface area (Å²) in [5, 5.41) is 0. The highest BCUT2D eigenvalue weighted by Gasteiger charge is 2.21. The Labute approximate surface area is 426 Å². The van der Waals surface area contributed by atoms with Gasteiger partial charge in [0.25, 0.3) is 7.82 Å². The first-order valence-corrected chi connectivity index (χ1v) is 30.0. The van der Waals surface area contributed by atoms with E-state index in [2.05, 4.69) is 74.6 Å². The van der Waals surface area contributed by atoms with Crippen LogP contribution in [0.4, 0.5) is 0 Å². The highest BCUT2D eigenvalue weighted by molar-refractivity contribution is 7.45. The number of hydrogen-bond donors (Lipinski definition) is 0. The van der Waals surface area contributed by atoms with Crippen LogP contribution in [-0.2, 0) is 32.7 Å². The van der Waals surface area contributed by atoms with E-state index in [1.54, 1.807) is 0 Å². The third kappa shape index (κ3) is 54.9. The van der Waals surface area contributed by atoms with Crippen molar-refractivity contribution >= 4 is 19.8 Å². The number of unbranched alkanes of at least 4 members (excludes halogenated alkanes) is 28. The van der Waals surface area contributed by atoms with E-state index < -0.39 is 32.5 Å². The molecule has 0 amide bonds. The Morgan fingerprint density at radius 1 is 0.449 bits per heavy atom. The Balaban J connectivity index is 4.08. The largest absolute Gasteiger partial charge is 0.756 e. The van der Waals surface area contributed by atoms with Crippen LogP contribution < -0.4 is 4.89 Å². The molecule has 0 saturated carbocycles. The van der Waals surface area contributed by atoms with Crippen LogP contribution in [0, 0.1) is 0 Å². The van der Waals surface area contributed by atoms with E-state index >= 15 is 0 Å². The van der Waals surface area contributed by atoms with Crippen LogP contribution in [0.3, 0.4) is 0 Å². The first kappa shape index (κ1) is 66.7. The third-order valence-electron chi connectivity index (χ3n) is 12.3. The van der Waals surface area contributed by atoms with Crippen LogP contribution in [0.25, 0.3) is 0 Å². The number of carbonyl (C=O) groups is 2. The molecular formula is C59H108NO8P. The summed E-state index contributed by atoms with van der Waals surface area (Å²) in [6.45, 7) is 4.18. The van der Waals surface area contributed by atoms with Gasteiger partial charge in [0.2, 0.25) is 0 Å². The number of allylic oxidation sites excluding steroid dienone is 10. The van der Waals surface area contributed by atoms with Crippen LogP contribution in [0.1, 0.15) is 251 Å². The first-order valence-electron chi connectivity index (χ1n) is 28.5. The van der Waals surface area contributed by atoms with E-state index in [-0.39, 0.29) is 26.1 Å². The summed E-state index contributed by atoms with van der Waals surface area (Å²) < 4.78 is 34.1. The predicted molar refractivity (Wildman–Crippen MR) is 291 cm³/mol. The van der Waals surface area contributed by atoms with Gasteiger partial charge in [-0.1, -0.05) is 222 Å². The number of phosphoric acid groups is 1. The second kappa shape index (κ2) is 50.6. The zero-order chi connectivity index (χ0) is 50.6. The predicted octanol–water partition coefficient (Wildman–Crippen LogP) is 16.9. The number of esters is 2. The SMILES string of the molecule is CCCC/C=C\C/C=C\CCCCCCCC(=O)OCC(COP(=O)([O-])OCC[N+](C)(C)C)OC(=O)CCCCCCCCCCCCCCCCCC/C=C\C/C=C\C/C=C\CCCCCCC. The molecule has 0 aromatic rings. The van der Waals surface area contributed by atoms with Gasteiger partial charge in [-0.3, -0.25) is 14.2 Å². The Bertz CT molecular complexity index is 1350. The van der Waals surface area contributed by atoms with E-state index in [4.69, 9.17) is 18.5 Å². The Morgan fingerprint density at radius 3 is 1.20 bits per heavy atom. The number of nitrogens with zero attached hydrogens (tertiary/aromatic N) is 1. The molecule has 0 heterocycles. The van der Waals surface area contributed by atoms with Crippen LogP contribution >= 0.6 is 7.82 Å². The van der Waals surface area contributed by atoms with Gasteiger partial charge in [-0.2, -0.15) is 0 Å². The minimum Gasteiger partial charge on any atom is -0.756 e. The summed E-state index contributed by atoms with van der Waals surface area (Å²) in [5.74, 6) is -0.846. The maximum absolute atomic E-state index is 12.8. The highest BCUT2D eigenvalue weighted by Crippen LogP contribution is 2.38. The highest BCUT2D eigenvalue weighted by atomic mass is 31.2. The van der Waals surface area contributed by atoms with Crippen molar-refractivity contribution in [3.8, 4) is 0 Å². The van der Waals surface area contributed by atoms with Crippen molar-refractivity contribution < 1.29 is 42.1 Å². The quantitative estimate of drug-likeness (QED) is 0.0195. The van der Waals surface area contributed by atoms with Crippen molar-refractivity contribution in [2.45, 2.75) is 258 Å². The molecule has 9 nitrogen and oxygen atoms in total. The molecule has 0 aromatic heterocycles. The molecule has 0 radical (unpaired) electrons. The van der Waals surface area contributed by atoms with Gasteiger partial charge in [0.15, 0.2) is 6.10 Å². The molecule has 0 aromatic carbocycles. The topological polar surface area (TPSA) is 111 Å². The number of carbonyl (C=O) groups excluding carboxylic acids is 2. The summed E-state index contributed by atoms with van der Waals surface area (Å²) >= 11 is 0. The molecule has 2 atom stereocenters. The zero-order valence-corrected chi connectivity index (χ0v) is 46.4. The number of quaternary nitrogens is 1. The molecule has 0 rings (SSSR count). The minimum absolute atomic E-state index is 0.0341. The van der Waals surface area contributed by atoms with Crippen molar-refractivity contribution in [2.24, 2.45) is 0 Å². The monoisotopic (exact) mass is 990 g/mol. The van der Waals surface area contributed by atoms with Gasteiger partial charge in [-0.05, 0) is 77.0 Å². The fraction of sp³-hybridized carbons (Fsp3) is 0.797. The van der Waals surface area contributed by atoms with Crippen LogP contribution in [0.2, 0.25) is 0 Å². The summed E-state index contributed by atoms with van der Waals surface area (Å²) in [6.07, 6.45) is 64.1. The summed E-state index contributed by atoms with van der Waals surface area (Å²) in [4.78, 5) is 37.8. The lowest BCUT2D eigenvalue weighted by Crippen LogP contribution is -2.37. The van der Waals surface area contributed by atoms with E-state index in [9.17, 15) is 19.0 Å². The van der Waals surface area contributed by atoms with Crippen LogP contribution in [-0.4, -0.2) is 70.0 Å². The fourth-order valence-electron chi connectivity index (χ4n) is 7.80. The standard InChI is InChI=1S/C59H108NO8P/c1-6-8-10-12-14-16-18-20-22-23-24-25-26-27-28-29-30-31-32-33-34-35-36-37-38-40-42-44-46-48-50-52-59(62)68-57(56-67-69(63,64)66-54-53-60(3,4)5)55-65-58(61)51-49-47-45-43-41-39-21-19-17-15-13-11-9-7-2/h13,15,18-21,23-24,26-27,57H,6-12,14,16-17,22,25,28-56H2,1-5H3/b15-13-,20-18-,21-19-,24-23-,27-26-. The average molecular weight is 990 g/mol. The number of hydrogen-bond acceptors (Lipinski definition) is 8. The molecule has 0 aliphatic heterocycles. The average Bonchev–Trinajstić information content (AvgIpc) is 3.31. The number of ether oxygens (including phenoxy) is 2. The van der Waals surface area contributed by atoms with E-state index in [0.29, 0.717) is 23.9 Å². The molecule has 0 saturated heterocycles. The van der Waals surface area contributed by atoms with Gasteiger partial charge in [-0.25, -0.2) is 0 Å². The molecule has 0 fully saturated rings. The van der Waals surface area contributed by atoms with Crippen LogP contribution in [0.15, 0.2) is 60.8 Å². The van der Waals surface area contributed by atoms with Gasteiger partial charge in [0.05, 0.1) is 27.7 Å². The van der Waals surface area contributed by atoms with Crippen molar-refractivity contribution in [1.82, 2.24) is 0 Å². The zero-order valence-electron chi connectivity index (χ0n) is 45.5. The second-order valence-electron chi connectivity index (χ2n) is 20.3. The lowest BCUT2D eigenvalue weighted by Gasteiger charge is -2.28. The molecule has 10 heteroatoms. The lowest BCUT2D eigenvalue weighted by molar-refractivity contribution is -0.870. The normalized spacial score (nSPS) is 13.8. The summed E-state index contributed by atoms with van der Waals surface area (Å²) in [6, 6.07) is 0. The van der Waals surface area contributed by atoms with Gasteiger partial charge in [0.1, 0.15) is 19.8 Å². The number of likely N-dealkylation sites (N-methyl/N-ethyl adjacent to an activating group) is 1. The van der Waals surface area contributed by atoms with Crippen molar-refractivity contribution in [3.05, 3.63) is 60.8 Å². The van der Waals surface area contributed by atoms with Crippen molar-refractivity contribution in [3.63, 3.8) is 0 Å². The molecule has 402 valence electrons. The van der Waals surface area contributed by atoms with Gasteiger partial charge < -0.3 is 27.9 Å². The Kier molecular flexibility index (Phi) is 49.0. The maximum Gasteiger partial charge on any atom is 0.306 e. The maximum atomic E-state index is 12.8. The van der Waals surface area contributed by atoms with Gasteiger partial charge in [0, 0.05) is 12.8 Å². The molecular weight excluding hydrogens is 882 g/mol. The summed E-state index contributed by atoms with van der Waals surface area (Å²) in [7, 11) is 1.16. The molecule has 0 spiro atoms. The molecule has 0 bridgehead atoms. The van der Waals surface area contributed by atoms with E-state index in [1.165, 1.54) is 135 Å². The second-order valence-corrected chi connectivity index (χ2v) is 21.7. The van der Waals surface area contributed by atoms with Crippen molar-refractivity contribution in [1.29, 1.82) is 0 Å². The lowest BCUT2D eigenvalue weighted by atomic mass is 10.0. The van der Waals surface area contributed by atoms with Gasteiger partial charge >= 0.3 is 11.9 Å². The molecule has 0 N–H and O–H groups in total. The fourth-order valence-corrected chi connectivity index (χ4v) is 8.53. The molecule has 69 heavy (non-hydrogen) atoms. The van der Waals surface area contributed by atoms with Gasteiger partial charge in [-0.15, -0.1) is 0 Å². The van der Waals surface area contributed by atoms with E-state index in [1.807, 2.05) is 21.1 Å². The Hall–Kier alpha value is -2.29. The van der Waals surface area contributed by atoms with Crippen molar-refractivity contribution in [2.75, 3.05) is 47.5 Å². The minimum atomic E-state index is -4.64. The Morgan fingerprint density at radius 2 is 0.797 bits per heavy atom. The van der Waals surface area contributed by atoms with E-state index in [0.717, 1.165) is 77.0 Å². The molecule has 2 unspecified atom stereocenters. The summed E-state index contributed by atoms with van der Waals surface area (Å²) in [5.41, 5.74) is 0. The number of phosphoric ester groups is 1. The number of rotatable bonds is 52. The molecule has 0 aliphatic rings.